The van der Waals surface area contributed by atoms with Crippen LogP contribution in [0.4, 0.5) is 0 Å². The van der Waals surface area contributed by atoms with E-state index in [1.807, 2.05) is 18.2 Å². The van der Waals surface area contributed by atoms with E-state index in [1.165, 1.54) is 21.5 Å². The zero-order valence-corrected chi connectivity index (χ0v) is 17.9. The fourth-order valence-corrected chi connectivity index (χ4v) is 4.27. The summed E-state index contributed by atoms with van der Waals surface area (Å²) >= 11 is 0. The van der Waals surface area contributed by atoms with Crippen LogP contribution in [0.2, 0.25) is 0 Å². The van der Waals surface area contributed by atoms with Crippen molar-refractivity contribution in [1.29, 1.82) is 0 Å². The van der Waals surface area contributed by atoms with Crippen LogP contribution in [0.15, 0.2) is 66.7 Å². The lowest BCUT2D eigenvalue weighted by atomic mass is 9.94. The molecule has 0 saturated heterocycles. The summed E-state index contributed by atoms with van der Waals surface area (Å²) in [5.41, 5.74) is 0.190. The quantitative estimate of drug-likeness (QED) is 0.348. The average Bonchev–Trinajstić information content (AvgIpc) is 2.75. The van der Waals surface area contributed by atoms with Gasteiger partial charge in [0.05, 0.1) is 25.0 Å². The second-order valence-electron chi connectivity index (χ2n) is 8.00. The van der Waals surface area contributed by atoms with E-state index in [9.17, 15) is 13.5 Å². The number of fused-ring (bicyclic) bond motifs is 5. The summed E-state index contributed by atoms with van der Waals surface area (Å²) in [5, 5.41) is 20.2. The smallest absolute Gasteiger partial charge is 0.264 e. The molecule has 0 saturated carbocycles. The molecule has 0 heterocycles. The van der Waals surface area contributed by atoms with Gasteiger partial charge in [-0.2, -0.15) is 8.42 Å². The first kappa shape index (κ1) is 20.8. The van der Waals surface area contributed by atoms with Gasteiger partial charge in [0.15, 0.2) is 0 Å². The average molecular weight is 424 g/mol. The molecular weight excluding hydrogens is 398 g/mol. The molecule has 0 aliphatic carbocycles. The second kappa shape index (κ2) is 7.96. The highest BCUT2D eigenvalue weighted by molar-refractivity contribution is 7.85. The maximum absolute atomic E-state index is 11.4. The lowest BCUT2D eigenvalue weighted by molar-refractivity contribution is 0.118. The van der Waals surface area contributed by atoms with Crippen molar-refractivity contribution in [2.45, 2.75) is 19.0 Å². The number of hydrogen-bond donors (Lipinski definition) is 2. The molecule has 30 heavy (non-hydrogen) atoms. The van der Waals surface area contributed by atoms with E-state index in [0.29, 0.717) is 6.54 Å². The van der Waals surface area contributed by atoms with E-state index in [-0.39, 0.29) is 13.2 Å². The predicted molar refractivity (Wildman–Crippen MR) is 122 cm³/mol. The molecule has 156 valence electrons. The molecule has 0 aliphatic rings. The number of aliphatic hydroxyl groups is 1. The van der Waals surface area contributed by atoms with Gasteiger partial charge in [-0.25, -0.2) is 0 Å². The number of aliphatic hydroxyl groups excluding tert-OH is 1. The number of hydrogen-bond acceptors (Lipinski definition) is 5. The summed E-state index contributed by atoms with van der Waals surface area (Å²) in [6.45, 7) is 1.82. The molecule has 0 aromatic heterocycles. The van der Waals surface area contributed by atoms with E-state index in [2.05, 4.69) is 53.8 Å². The van der Waals surface area contributed by atoms with Crippen LogP contribution < -0.4 is 5.32 Å². The Hall–Kier alpha value is -2.51. The van der Waals surface area contributed by atoms with Crippen molar-refractivity contribution in [3.05, 3.63) is 72.3 Å². The van der Waals surface area contributed by atoms with Crippen LogP contribution in [0.25, 0.3) is 32.3 Å². The van der Waals surface area contributed by atoms with Crippen molar-refractivity contribution >= 4 is 42.4 Å². The predicted octanol–water partition coefficient (Wildman–Crippen LogP) is 3.96. The summed E-state index contributed by atoms with van der Waals surface area (Å²) in [7, 11) is -3.59. The van der Waals surface area contributed by atoms with Crippen LogP contribution in [-0.4, -0.2) is 38.5 Å². The Bertz CT molecular complexity index is 1330. The highest BCUT2D eigenvalue weighted by Gasteiger charge is 2.25. The normalized spacial score (nSPS) is 14.4. The Kier molecular flexibility index (Phi) is 5.51. The summed E-state index contributed by atoms with van der Waals surface area (Å²) in [5.74, 6) is 0. The van der Waals surface area contributed by atoms with E-state index in [4.69, 9.17) is 4.18 Å². The van der Waals surface area contributed by atoms with Crippen molar-refractivity contribution in [2.75, 3.05) is 19.5 Å². The number of rotatable bonds is 7. The largest absolute Gasteiger partial charge is 0.394 e. The lowest BCUT2D eigenvalue weighted by Gasteiger charge is -2.28. The standard InChI is InChI=1S/C24H25NO4S/c1-24(15-26,16-29-30(2,27)28)25-14-19-8-5-7-18-11-12-21-20-9-4-3-6-17(20)10-13-22(21)23(18)19/h3-13,25-26H,14-16H2,1-2H3. The molecule has 0 bridgehead atoms. The van der Waals surface area contributed by atoms with Crippen molar-refractivity contribution in [3.8, 4) is 0 Å². The maximum atomic E-state index is 11.4. The molecule has 4 aromatic carbocycles. The van der Waals surface area contributed by atoms with E-state index < -0.39 is 15.7 Å². The molecule has 5 nitrogen and oxygen atoms in total. The van der Waals surface area contributed by atoms with Gasteiger partial charge in [0.25, 0.3) is 10.1 Å². The molecule has 4 aromatic rings. The molecule has 1 unspecified atom stereocenters. The number of nitrogens with one attached hydrogen (secondary N) is 1. The van der Waals surface area contributed by atoms with Crippen molar-refractivity contribution in [1.82, 2.24) is 5.32 Å². The molecule has 0 fully saturated rings. The molecule has 0 spiro atoms. The van der Waals surface area contributed by atoms with Crippen LogP contribution in [0.5, 0.6) is 0 Å². The third-order valence-corrected chi connectivity index (χ3v) is 6.04. The molecule has 1 atom stereocenters. The van der Waals surface area contributed by atoms with Crippen LogP contribution in [0.3, 0.4) is 0 Å². The Balaban J connectivity index is 1.75. The van der Waals surface area contributed by atoms with E-state index in [1.54, 1.807) is 6.92 Å². The van der Waals surface area contributed by atoms with Crippen LogP contribution >= 0.6 is 0 Å². The fraction of sp³-hybridized carbons (Fsp3) is 0.250. The third kappa shape index (κ3) is 4.18. The molecule has 6 heteroatoms. The summed E-state index contributed by atoms with van der Waals surface area (Å²) in [6, 6.07) is 23.1. The number of benzene rings is 4. The first-order valence-electron chi connectivity index (χ1n) is 9.82. The first-order valence-corrected chi connectivity index (χ1v) is 11.6. The van der Waals surface area contributed by atoms with E-state index in [0.717, 1.165) is 22.6 Å². The minimum absolute atomic E-state index is 0.140. The molecular formula is C24H25NO4S. The van der Waals surface area contributed by atoms with Crippen LogP contribution in [0.1, 0.15) is 12.5 Å². The topological polar surface area (TPSA) is 75.6 Å². The van der Waals surface area contributed by atoms with Gasteiger partial charge < -0.3 is 10.4 Å². The zero-order chi connectivity index (χ0) is 21.4. The van der Waals surface area contributed by atoms with Crippen molar-refractivity contribution in [2.24, 2.45) is 0 Å². The second-order valence-corrected chi connectivity index (χ2v) is 9.65. The molecule has 0 amide bonds. The first-order chi connectivity index (χ1) is 14.3. The van der Waals surface area contributed by atoms with Crippen LogP contribution in [0, 0.1) is 0 Å². The van der Waals surface area contributed by atoms with Gasteiger partial charge in [-0.05, 0) is 44.8 Å². The summed E-state index contributed by atoms with van der Waals surface area (Å²) in [4.78, 5) is 0. The van der Waals surface area contributed by atoms with Gasteiger partial charge in [0, 0.05) is 6.54 Å². The minimum atomic E-state index is -3.59. The molecule has 0 radical (unpaired) electrons. The highest BCUT2D eigenvalue weighted by atomic mass is 32.2. The Morgan fingerprint density at radius 3 is 2.37 bits per heavy atom. The lowest BCUT2D eigenvalue weighted by Crippen LogP contribution is -2.49. The third-order valence-electron chi connectivity index (χ3n) is 5.50. The summed E-state index contributed by atoms with van der Waals surface area (Å²) < 4.78 is 27.7. The fourth-order valence-electron chi connectivity index (χ4n) is 3.80. The summed E-state index contributed by atoms with van der Waals surface area (Å²) in [6.07, 6.45) is 1.01. The van der Waals surface area contributed by atoms with Crippen molar-refractivity contribution in [3.63, 3.8) is 0 Å². The SMILES string of the molecule is CC(CO)(COS(C)(=O)=O)NCc1cccc2ccc3c4ccccc4ccc3c12. The Morgan fingerprint density at radius 1 is 0.900 bits per heavy atom. The Morgan fingerprint density at radius 2 is 1.60 bits per heavy atom. The molecule has 0 aliphatic heterocycles. The Labute approximate surface area is 176 Å². The van der Waals surface area contributed by atoms with Crippen molar-refractivity contribution < 1.29 is 17.7 Å². The van der Waals surface area contributed by atoms with Gasteiger partial charge in [0.2, 0.25) is 0 Å². The van der Waals surface area contributed by atoms with Gasteiger partial charge in [0.1, 0.15) is 0 Å². The monoisotopic (exact) mass is 423 g/mol. The molecule has 4 rings (SSSR count). The van der Waals surface area contributed by atoms with Crippen LogP contribution in [-0.2, 0) is 20.8 Å². The van der Waals surface area contributed by atoms with E-state index >= 15 is 0 Å². The van der Waals surface area contributed by atoms with Gasteiger partial charge in [-0.3, -0.25) is 4.18 Å². The molecule has 2 N–H and O–H groups in total. The van der Waals surface area contributed by atoms with Gasteiger partial charge in [-0.1, -0.05) is 66.7 Å². The highest BCUT2D eigenvalue weighted by Crippen LogP contribution is 2.33. The maximum Gasteiger partial charge on any atom is 0.264 e. The minimum Gasteiger partial charge on any atom is -0.394 e. The van der Waals surface area contributed by atoms with Gasteiger partial charge in [-0.15, -0.1) is 0 Å². The van der Waals surface area contributed by atoms with Gasteiger partial charge >= 0.3 is 0 Å². The zero-order valence-electron chi connectivity index (χ0n) is 17.1.